The molecule has 1 atom stereocenters. The number of hydrogen-bond acceptors (Lipinski definition) is 2. The lowest BCUT2D eigenvalue weighted by atomic mass is 9.99. The van der Waals surface area contributed by atoms with Crippen molar-refractivity contribution in [2.75, 3.05) is 26.2 Å². The van der Waals surface area contributed by atoms with E-state index in [1.165, 1.54) is 38.0 Å². The van der Waals surface area contributed by atoms with E-state index < -0.39 is 0 Å². The quantitative estimate of drug-likeness (QED) is 0.839. The van der Waals surface area contributed by atoms with Crippen LogP contribution >= 0.6 is 0 Å². The highest BCUT2D eigenvalue weighted by Gasteiger charge is 2.16. The lowest BCUT2D eigenvalue weighted by Crippen LogP contribution is -2.38. The summed E-state index contributed by atoms with van der Waals surface area (Å²) >= 11 is 0. The van der Waals surface area contributed by atoms with Gasteiger partial charge < -0.3 is 5.32 Å². The molecule has 2 nitrogen and oxygen atoms in total. The maximum atomic E-state index is 3.50. The van der Waals surface area contributed by atoms with Crippen LogP contribution in [0.25, 0.3) is 0 Å². The van der Waals surface area contributed by atoms with Gasteiger partial charge in [0.25, 0.3) is 0 Å². The van der Waals surface area contributed by atoms with E-state index in [-0.39, 0.29) is 0 Å². The van der Waals surface area contributed by atoms with Crippen LogP contribution in [0.2, 0.25) is 0 Å². The first-order chi connectivity index (χ1) is 8.38. The van der Waals surface area contributed by atoms with Gasteiger partial charge in [0.1, 0.15) is 0 Å². The largest absolute Gasteiger partial charge is 0.316 e. The van der Waals surface area contributed by atoms with Crippen LogP contribution in [0.4, 0.5) is 0 Å². The van der Waals surface area contributed by atoms with Crippen LogP contribution in [0.15, 0.2) is 30.3 Å². The molecule has 1 fully saturated rings. The Morgan fingerprint density at radius 1 is 1.29 bits per heavy atom. The first-order valence-electron chi connectivity index (χ1n) is 6.85. The molecule has 0 radical (unpaired) electrons. The first-order valence-corrected chi connectivity index (χ1v) is 6.85. The van der Waals surface area contributed by atoms with Gasteiger partial charge in [0, 0.05) is 13.1 Å². The SMILES string of the molecule is CCN(Cc1ccccc1)C[C@H]1CCCNC1. The van der Waals surface area contributed by atoms with E-state index in [0.717, 1.165) is 19.0 Å². The Bertz CT molecular complexity index is 304. The maximum absolute atomic E-state index is 3.50. The zero-order valence-electron chi connectivity index (χ0n) is 10.9. The normalized spacial score (nSPS) is 20.7. The third-order valence-electron chi connectivity index (χ3n) is 3.61. The highest BCUT2D eigenvalue weighted by atomic mass is 15.1. The van der Waals surface area contributed by atoms with Crippen molar-refractivity contribution < 1.29 is 0 Å². The number of hydrogen-bond donors (Lipinski definition) is 1. The van der Waals surface area contributed by atoms with Crippen LogP contribution in [0.1, 0.15) is 25.3 Å². The van der Waals surface area contributed by atoms with Gasteiger partial charge in [0.15, 0.2) is 0 Å². The third-order valence-corrected chi connectivity index (χ3v) is 3.61. The average Bonchev–Trinajstić information content (AvgIpc) is 2.40. The number of piperidine rings is 1. The molecule has 1 heterocycles. The molecular weight excluding hydrogens is 208 g/mol. The Balaban J connectivity index is 1.83. The monoisotopic (exact) mass is 232 g/mol. The van der Waals surface area contributed by atoms with Gasteiger partial charge in [0.2, 0.25) is 0 Å². The molecule has 1 aromatic carbocycles. The molecule has 2 rings (SSSR count). The number of benzene rings is 1. The lowest BCUT2D eigenvalue weighted by Gasteiger charge is -2.29. The summed E-state index contributed by atoms with van der Waals surface area (Å²) in [7, 11) is 0. The molecule has 1 aliphatic rings. The summed E-state index contributed by atoms with van der Waals surface area (Å²) in [6, 6.07) is 10.8. The van der Waals surface area contributed by atoms with Gasteiger partial charge >= 0.3 is 0 Å². The lowest BCUT2D eigenvalue weighted by molar-refractivity contribution is 0.209. The summed E-state index contributed by atoms with van der Waals surface area (Å²) in [6.07, 6.45) is 2.73. The highest BCUT2D eigenvalue weighted by molar-refractivity contribution is 5.14. The molecule has 1 saturated heterocycles. The fourth-order valence-electron chi connectivity index (χ4n) is 2.59. The smallest absolute Gasteiger partial charge is 0.0233 e. The van der Waals surface area contributed by atoms with Crippen molar-refractivity contribution in [2.24, 2.45) is 5.92 Å². The summed E-state index contributed by atoms with van der Waals surface area (Å²) in [6.45, 7) is 8.14. The number of nitrogens with zero attached hydrogens (tertiary/aromatic N) is 1. The molecule has 17 heavy (non-hydrogen) atoms. The number of nitrogens with one attached hydrogen (secondary N) is 1. The van der Waals surface area contributed by atoms with Gasteiger partial charge in [-0.15, -0.1) is 0 Å². The maximum Gasteiger partial charge on any atom is 0.0233 e. The molecule has 1 N–H and O–H groups in total. The van der Waals surface area contributed by atoms with E-state index in [1.54, 1.807) is 0 Å². The fraction of sp³-hybridized carbons (Fsp3) is 0.600. The molecule has 0 saturated carbocycles. The number of rotatable bonds is 5. The molecule has 0 aromatic heterocycles. The average molecular weight is 232 g/mol. The van der Waals surface area contributed by atoms with Gasteiger partial charge in [-0.2, -0.15) is 0 Å². The Labute approximate surface area is 105 Å². The topological polar surface area (TPSA) is 15.3 Å². The van der Waals surface area contributed by atoms with Crippen molar-refractivity contribution >= 4 is 0 Å². The Hall–Kier alpha value is -0.860. The zero-order chi connectivity index (χ0) is 11.9. The molecule has 0 amide bonds. The van der Waals surface area contributed by atoms with Crippen LogP contribution in [0, 0.1) is 5.92 Å². The van der Waals surface area contributed by atoms with Crippen LogP contribution < -0.4 is 5.32 Å². The Morgan fingerprint density at radius 2 is 2.12 bits per heavy atom. The molecule has 1 aromatic rings. The minimum Gasteiger partial charge on any atom is -0.316 e. The van der Waals surface area contributed by atoms with E-state index in [0.29, 0.717) is 0 Å². The van der Waals surface area contributed by atoms with Crippen molar-refractivity contribution in [3.8, 4) is 0 Å². The van der Waals surface area contributed by atoms with Crippen LogP contribution in [-0.2, 0) is 6.54 Å². The van der Waals surface area contributed by atoms with Crippen LogP contribution in [-0.4, -0.2) is 31.1 Å². The molecule has 0 unspecified atom stereocenters. The van der Waals surface area contributed by atoms with Crippen molar-refractivity contribution in [1.29, 1.82) is 0 Å². The predicted molar refractivity (Wildman–Crippen MR) is 73.0 cm³/mol. The van der Waals surface area contributed by atoms with Crippen LogP contribution in [0.5, 0.6) is 0 Å². The molecule has 0 spiro atoms. The van der Waals surface area contributed by atoms with E-state index in [1.807, 2.05) is 0 Å². The van der Waals surface area contributed by atoms with Crippen molar-refractivity contribution in [1.82, 2.24) is 10.2 Å². The minimum atomic E-state index is 0.840. The molecule has 2 heteroatoms. The van der Waals surface area contributed by atoms with E-state index in [2.05, 4.69) is 47.5 Å². The van der Waals surface area contributed by atoms with Gasteiger partial charge in [-0.1, -0.05) is 37.3 Å². The van der Waals surface area contributed by atoms with Crippen LogP contribution in [0.3, 0.4) is 0 Å². The van der Waals surface area contributed by atoms with E-state index in [4.69, 9.17) is 0 Å². The van der Waals surface area contributed by atoms with Crippen molar-refractivity contribution in [2.45, 2.75) is 26.3 Å². The molecule has 94 valence electrons. The second kappa shape index (κ2) is 6.77. The van der Waals surface area contributed by atoms with E-state index >= 15 is 0 Å². The second-order valence-corrected chi connectivity index (χ2v) is 5.03. The molecule has 1 aliphatic heterocycles. The predicted octanol–water partition coefficient (Wildman–Crippen LogP) is 2.51. The van der Waals surface area contributed by atoms with Crippen molar-refractivity contribution in [3.05, 3.63) is 35.9 Å². The van der Waals surface area contributed by atoms with Gasteiger partial charge in [-0.25, -0.2) is 0 Å². The van der Waals surface area contributed by atoms with Gasteiger partial charge in [0.05, 0.1) is 0 Å². The van der Waals surface area contributed by atoms with Crippen molar-refractivity contribution in [3.63, 3.8) is 0 Å². The first kappa shape index (κ1) is 12.6. The second-order valence-electron chi connectivity index (χ2n) is 5.03. The third kappa shape index (κ3) is 4.14. The summed E-state index contributed by atoms with van der Waals surface area (Å²) in [5.41, 5.74) is 1.43. The van der Waals surface area contributed by atoms with E-state index in [9.17, 15) is 0 Å². The highest BCUT2D eigenvalue weighted by Crippen LogP contribution is 2.13. The standard InChI is InChI=1S/C15H24N2/c1-2-17(12-14-7-4-3-5-8-14)13-15-9-6-10-16-11-15/h3-5,7-8,15-16H,2,6,9-13H2,1H3/t15-/m0/s1. The summed E-state index contributed by atoms with van der Waals surface area (Å²) in [4.78, 5) is 2.56. The molecular formula is C15H24N2. The molecule has 0 bridgehead atoms. The van der Waals surface area contributed by atoms with Gasteiger partial charge in [-0.3, -0.25) is 4.90 Å². The summed E-state index contributed by atoms with van der Waals surface area (Å²) in [5, 5.41) is 3.50. The Kier molecular flexibility index (Phi) is 5.02. The summed E-state index contributed by atoms with van der Waals surface area (Å²) in [5.74, 6) is 0.840. The Morgan fingerprint density at radius 3 is 2.76 bits per heavy atom. The fourth-order valence-corrected chi connectivity index (χ4v) is 2.59. The zero-order valence-corrected chi connectivity index (χ0v) is 10.9. The molecule has 0 aliphatic carbocycles. The van der Waals surface area contributed by atoms with Gasteiger partial charge in [-0.05, 0) is 44.0 Å². The summed E-state index contributed by atoms with van der Waals surface area (Å²) < 4.78 is 0. The minimum absolute atomic E-state index is 0.840.